The number of likely N-dealkylation sites (N-methyl/N-ethyl adjacent to an activating group) is 1. The third-order valence-corrected chi connectivity index (χ3v) is 6.99. The van der Waals surface area contributed by atoms with Crippen molar-refractivity contribution in [2.24, 2.45) is 7.05 Å². The van der Waals surface area contributed by atoms with E-state index in [2.05, 4.69) is 15.3 Å². The molecule has 1 aromatic carbocycles. The van der Waals surface area contributed by atoms with Gasteiger partial charge in [0.2, 0.25) is 5.03 Å². The Morgan fingerprint density at radius 2 is 1.80 bits per heavy atom. The molecule has 0 spiro atoms. The van der Waals surface area contributed by atoms with Gasteiger partial charge in [0.05, 0.1) is 5.56 Å². The minimum atomic E-state index is -3.89. The lowest BCUT2D eigenvalue weighted by molar-refractivity contribution is 0.0947. The Labute approximate surface area is 182 Å². The van der Waals surface area contributed by atoms with Crippen molar-refractivity contribution in [1.29, 1.82) is 0 Å². The second kappa shape index (κ2) is 9.34. The molecule has 1 aliphatic rings. The molecule has 1 aromatic heterocycles. The van der Waals surface area contributed by atoms with Crippen molar-refractivity contribution in [2.45, 2.75) is 5.03 Å². The molecule has 1 saturated heterocycles. The van der Waals surface area contributed by atoms with Crippen LogP contribution in [0.4, 0.5) is 5.69 Å². The second-order valence-electron chi connectivity index (χ2n) is 7.45. The molecule has 2 aromatic rings. The molecule has 1 aliphatic heterocycles. The Kier molecular flexibility index (Phi) is 7.02. The van der Waals surface area contributed by atoms with Gasteiger partial charge in [0.15, 0.2) is 0 Å². The zero-order valence-electron chi connectivity index (χ0n) is 17.4. The van der Waals surface area contributed by atoms with E-state index < -0.39 is 15.9 Å². The maximum absolute atomic E-state index is 13.2. The first kappa shape index (κ1) is 22.5. The summed E-state index contributed by atoms with van der Waals surface area (Å²) in [7, 11) is 1.51. The van der Waals surface area contributed by atoms with Crippen LogP contribution in [0.2, 0.25) is 5.02 Å². The van der Waals surface area contributed by atoms with Gasteiger partial charge in [0.25, 0.3) is 15.9 Å². The number of amides is 1. The predicted octanol–water partition coefficient (Wildman–Crippen LogP) is 0.876. The van der Waals surface area contributed by atoms with Crippen LogP contribution in [0, 0.1) is 0 Å². The summed E-state index contributed by atoms with van der Waals surface area (Å²) in [4.78, 5) is 16.6. The number of nitrogens with zero attached hydrogens (tertiary/aromatic N) is 5. The number of sulfonamides is 1. The first-order valence-electron chi connectivity index (χ1n) is 9.65. The van der Waals surface area contributed by atoms with E-state index in [1.165, 1.54) is 15.2 Å². The highest BCUT2D eigenvalue weighted by atomic mass is 35.5. The normalized spacial score (nSPS) is 15.6. The smallest absolute Gasteiger partial charge is 0.263 e. The molecule has 0 aliphatic carbocycles. The summed E-state index contributed by atoms with van der Waals surface area (Å²) in [6.45, 7) is 2.77. The molecule has 1 amide bonds. The molecule has 30 heavy (non-hydrogen) atoms. The zero-order chi connectivity index (χ0) is 21.9. The highest BCUT2D eigenvalue weighted by molar-refractivity contribution is 7.89. The fourth-order valence-corrected chi connectivity index (χ4v) is 4.93. The van der Waals surface area contributed by atoms with E-state index in [9.17, 15) is 13.2 Å². The second-order valence-corrected chi connectivity index (χ2v) is 9.74. The molecule has 0 unspecified atom stereocenters. The van der Waals surface area contributed by atoms with Crippen LogP contribution in [-0.2, 0) is 17.1 Å². The van der Waals surface area contributed by atoms with E-state index in [-0.39, 0.29) is 10.6 Å². The Morgan fingerprint density at radius 3 is 2.40 bits per heavy atom. The molecule has 9 nitrogen and oxygen atoms in total. The van der Waals surface area contributed by atoms with Gasteiger partial charge in [-0.2, -0.15) is 9.40 Å². The Morgan fingerprint density at radius 1 is 1.17 bits per heavy atom. The van der Waals surface area contributed by atoms with Crippen LogP contribution in [-0.4, -0.2) is 86.7 Å². The SMILES string of the molecule is CN(C)CCNC(=O)c1cn(C)nc1S(=O)(=O)N1CCN(c2ccc(Cl)cc2)CC1. The van der Waals surface area contributed by atoms with Crippen molar-refractivity contribution in [2.75, 3.05) is 58.3 Å². The number of hydrogen-bond acceptors (Lipinski definition) is 6. The van der Waals surface area contributed by atoms with Crippen LogP contribution in [0.15, 0.2) is 35.5 Å². The van der Waals surface area contributed by atoms with Crippen LogP contribution in [0.3, 0.4) is 0 Å². The van der Waals surface area contributed by atoms with E-state index >= 15 is 0 Å². The monoisotopic (exact) mass is 454 g/mol. The number of carbonyl (C=O) groups excluding carboxylic acids is 1. The molecule has 1 fully saturated rings. The zero-order valence-corrected chi connectivity index (χ0v) is 18.9. The number of anilines is 1. The molecule has 11 heteroatoms. The Bertz CT molecular complexity index is 982. The quantitative estimate of drug-likeness (QED) is 0.667. The predicted molar refractivity (Wildman–Crippen MR) is 117 cm³/mol. The van der Waals surface area contributed by atoms with Gasteiger partial charge in [0, 0.05) is 63.2 Å². The van der Waals surface area contributed by atoms with Gasteiger partial charge in [-0.05, 0) is 38.4 Å². The van der Waals surface area contributed by atoms with Crippen molar-refractivity contribution in [3.05, 3.63) is 41.0 Å². The van der Waals surface area contributed by atoms with E-state index in [1.807, 2.05) is 43.3 Å². The van der Waals surface area contributed by atoms with Crippen LogP contribution < -0.4 is 10.2 Å². The van der Waals surface area contributed by atoms with Crippen molar-refractivity contribution < 1.29 is 13.2 Å². The third-order valence-electron chi connectivity index (χ3n) is 4.90. The number of rotatable bonds is 7. The summed E-state index contributed by atoms with van der Waals surface area (Å²) in [5.41, 5.74) is 1.06. The number of aryl methyl sites for hydroxylation is 1. The minimum Gasteiger partial charge on any atom is -0.369 e. The van der Waals surface area contributed by atoms with Crippen molar-refractivity contribution >= 4 is 33.2 Å². The van der Waals surface area contributed by atoms with E-state index in [1.54, 1.807) is 7.05 Å². The van der Waals surface area contributed by atoms with Gasteiger partial charge in [-0.3, -0.25) is 9.48 Å². The van der Waals surface area contributed by atoms with Crippen molar-refractivity contribution in [3.8, 4) is 0 Å². The topological polar surface area (TPSA) is 90.8 Å². The largest absolute Gasteiger partial charge is 0.369 e. The van der Waals surface area contributed by atoms with Crippen molar-refractivity contribution in [1.82, 2.24) is 24.3 Å². The highest BCUT2D eigenvalue weighted by Gasteiger charge is 2.34. The number of carbonyl (C=O) groups is 1. The number of benzene rings is 1. The Hall–Kier alpha value is -2.14. The van der Waals surface area contributed by atoms with E-state index in [0.29, 0.717) is 44.3 Å². The van der Waals surface area contributed by atoms with E-state index in [4.69, 9.17) is 11.6 Å². The lowest BCUT2D eigenvalue weighted by atomic mass is 10.2. The first-order chi connectivity index (χ1) is 14.2. The maximum atomic E-state index is 13.2. The molecule has 164 valence electrons. The number of aromatic nitrogens is 2. The lowest BCUT2D eigenvalue weighted by Crippen LogP contribution is -2.49. The fourth-order valence-electron chi connectivity index (χ4n) is 3.26. The highest BCUT2D eigenvalue weighted by Crippen LogP contribution is 2.23. The summed E-state index contributed by atoms with van der Waals surface area (Å²) in [6.07, 6.45) is 1.45. The van der Waals surface area contributed by atoms with E-state index in [0.717, 1.165) is 5.69 Å². The van der Waals surface area contributed by atoms with Crippen molar-refractivity contribution in [3.63, 3.8) is 0 Å². The molecule has 0 bridgehead atoms. The number of nitrogens with one attached hydrogen (secondary N) is 1. The third kappa shape index (κ3) is 5.12. The molecule has 3 rings (SSSR count). The van der Waals surface area contributed by atoms with Crippen LogP contribution in [0.5, 0.6) is 0 Å². The molecule has 1 N–H and O–H groups in total. The Balaban J connectivity index is 1.71. The van der Waals surface area contributed by atoms with Gasteiger partial charge in [0.1, 0.15) is 0 Å². The average molecular weight is 455 g/mol. The average Bonchev–Trinajstić information content (AvgIpc) is 3.11. The molecular weight excluding hydrogens is 428 g/mol. The molecule has 0 saturated carbocycles. The molecule has 0 atom stereocenters. The number of piperazine rings is 1. The van der Waals surface area contributed by atoms with Gasteiger partial charge >= 0.3 is 0 Å². The standard InChI is InChI=1S/C19H27ClN6O3S/c1-23(2)9-8-21-18(27)17-14-24(3)22-19(17)30(28,29)26-12-10-25(11-13-26)16-6-4-15(20)5-7-16/h4-7,14H,8-13H2,1-3H3,(H,21,27). The molecule has 0 radical (unpaired) electrons. The van der Waals surface area contributed by atoms with Gasteiger partial charge in [-0.25, -0.2) is 8.42 Å². The summed E-state index contributed by atoms with van der Waals surface area (Å²) < 4.78 is 29.2. The van der Waals surface area contributed by atoms with Gasteiger partial charge in [-0.1, -0.05) is 11.6 Å². The first-order valence-corrected chi connectivity index (χ1v) is 11.5. The molecule has 2 heterocycles. The minimum absolute atomic E-state index is 0.0661. The maximum Gasteiger partial charge on any atom is 0.263 e. The summed E-state index contributed by atoms with van der Waals surface area (Å²) in [5.74, 6) is -0.441. The summed E-state index contributed by atoms with van der Waals surface area (Å²) >= 11 is 5.94. The number of hydrogen-bond donors (Lipinski definition) is 1. The summed E-state index contributed by atoms with van der Waals surface area (Å²) in [5, 5.41) is 7.31. The van der Waals surface area contributed by atoms with Crippen LogP contribution in [0.1, 0.15) is 10.4 Å². The van der Waals surface area contributed by atoms with Gasteiger partial charge in [-0.15, -0.1) is 0 Å². The molecular formula is C19H27ClN6O3S. The fraction of sp³-hybridized carbons (Fsp3) is 0.474. The summed E-state index contributed by atoms with van der Waals surface area (Å²) in [6, 6.07) is 7.47. The van der Waals surface area contributed by atoms with Gasteiger partial charge < -0.3 is 15.1 Å². The van der Waals surface area contributed by atoms with Crippen LogP contribution in [0.25, 0.3) is 0 Å². The lowest BCUT2D eigenvalue weighted by Gasteiger charge is -2.35. The number of halogens is 1. The van der Waals surface area contributed by atoms with Crippen LogP contribution >= 0.6 is 11.6 Å².